The van der Waals surface area contributed by atoms with Gasteiger partial charge in [-0.3, -0.25) is 4.79 Å². The third-order valence-corrected chi connectivity index (χ3v) is 3.97. The van der Waals surface area contributed by atoms with E-state index in [9.17, 15) is 18.0 Å². The molecule has 0 saturated heterocycles. The molecule has 24 heavy (non-hydrogen) atoms. The summed E-state index contributed by atoms with van der Waals surface area (Å²) >= 11 is 0.722. The van der Waals surface area contributed by atoms with Gasteiger partial charge in [-0.15, -0.1) is 15.3 Å². The highest BCUT2D eigenvalue weighted by Crippen LogP contribution is 2.29. The molecule has 0 atom stereocenters. The molecule has 0 unspecified atom stereocenters. The number of benzene rings is 1. The Kier molecular flexibility index (Phi) is 4.09. The number of halogens is 3. The summed E-state index contributed by atoms with van der Waals surface area (Å²) in [4.78, 5) is 12.0. The smallest absolute Gasteiger partial charge is 0.453 e. The molecule has 3 rings (SSSR count). The molecule has 0 radical (unpaired) electrons. The van der Waals surface area contributed by atoms with E-state index in [2.05, 4.69) is 20.6 Å². The van der Waals surface area contributed by atoms with E-state index >= 15 is 0 Å². The molecule has 0 saturated carbocycles. The molecule has 0 aliphatic heterocycles. The Bertz CT molecular complexity index is 889. The van der Waals surface area contributed by atoms with E-state index in [-0.39, 0.29) is 16.5 Å². The number of amides is 1. The summed E-state index contributed by atoms with van der Waals surface area (Å²) in [5.74, 6) is -1.28. The fraction of sp³-hybridized carbons (Fsp3) is 0.231. The Morgan fingerprint density at radius 1 is 1.33 bits per heavy atom. The molecule has 1 aromatic carbocycles. The fourth-order valence-corrected chi connectivity index (χ4v) is 2.74. The van der Waals surface area contributed by atoms with Gasteiger partial charge in [0.25, 0.3) is 11.7 Å². The second-order valence-electron chi connectivity index (χ2n) is 4.62. The lowest BCUT2D eigenvalue weighted by atomic mass is 10.2. The Morgan fingerprint density at radius 3 is 2.79 bits per heavy atom. The highest BCUT2D eigenvalue weighted by molar-refractivity contribution is 7.18. The van der Waals surface area contributed by atoms with Crippen LogP contribution >= 0.6 is 11.3 Å². The highest BCUT2D eigenvalue weighted by atomic mass is 32.1. The van der Waals surface area contributed by atoms with Gasteiger partial charge in [0.2, 0.25) is 9.97 Å². The molecule has 11 heteroatoms. The molecule has 0 spiro atoms. The summed E-state index contributed by atoms with van der Waals surface area (Å²) in [5, 5.41) is 12.5. The molecule has 126 valence electrons. The summed E-state index contributed by atoms with van der Waals surface area (Å²) in [7, 11) is 1.50. The predicted molar refractivity (Wildman–Crippen MR) is 77.8 cm³/mol. The van der Waals surface area contributed by atoms with Crippen molar-refractivity contribution in [3.05, 3.63) is 40.7 Å². The summed E-state index contributed by atoms with van der Waals surface area (Å²) in [6.07, 6.45) is -4.70. The van der Waals surface area contributed by atoms with Crippen LogP contribution in [0.3, 0.4) is 0 Å². The number of nitrogens with zero attached hydrogens (tertiary/aromatic N) is 4. The van der Waals surface area contributed by atoms with Crippen LogP contribution in [0.25, 0.3) is 4.96 Å². The van der Waals surface area contributed by atoms with Gasteiger partial charge in [-0.25, -0.2) is 0 Å². The highest BCUT2D eigenvalue weighted by Gasteiger charge is 2.38. The average Bonchev–Trinajstić information content (AvgIpc) is 3.12. The second kappa shape index (κ2) is 6.07. The topological polar surface area (TPSA) is 81.4 Å². The van der Waals surface area contributed by atoms with E-state index in [1.165, 1.54) is 7.11 Å². The lowest BCUT2D eigenvalue weighted by Crippen LogP contribution is -2.23. The van der Waals surface area contributed by atoms with E-state index in [1.807, 2.05) is 0 Å². The van der Waals surface area contributed by atoms with Crippen LogP contribution in [-0.2, 0) is 12.7 Å². The Hall–Kier alpha value is -2.69. The van der Waals surface area contributed by atoms with Crippen molar-refractivity contribution in [2.75, 3.05) is 7.11 Å². The van der Waals surface area contributed by atoms with Crippen LogP contribution in [0.5, 0.6) is 5.75 Å². The van der Waals surface area contributed by atoms with Crippen molar-refractivity contribution in [3.63, 3.8) is 0 Å². The number of aromatic nitrogens is 4. The minimum atomic E-state index is -4.70. The van der Waals surface area contributed by atoms with Crippen LogP contribution in [0.15, 0.2) is 24.3 Å². The minimum Gasteiger partial charge on any atom is -0.496 e. The molecule has 1 N–H and O–H groups in total. The first-order chi connectivity index (χ1) is 11.4. The molecule has 0 fully saturated rings. The zero-order valence-electron chi connectivity index (χ0n) is 12.2. The van der Waals surface area contributed by atoms with E-state index < -0.39 is 17.9 Å². The number of methoxy groups -OCH3 is 1. The molecule has 0 aliphatic carbocycles. The van der Waals surface area contributed by atoms with E-state index in [0.29, 0.717) is 10.3 Å². The minimum absolute atomic E-state index is 0.107. The van der Waals surface area contributed by atoms with Gasteiger partial charge >= 0.3 is 6.18 Å². The van der Waals surface area contributed by atoms with Crippen LogP contribution in [0.1, 0.15) is 21.2 Å². The number of ether oxygens (including phenoxy) is 1. The molecule has 2 heterocycles. The van der Waals surface area contributed by atoms with Gasteiger partial charge < -0.3 is 10.1 Å². The Morgan fingerprint density at radius 2 is 2.08 bits per heavy atom. The van der Waals surface area contributed by atoms with Crippen LogP contribution < -0.4 is 10.1 Å². The molecule has 0 bridgehead atoms. The third kappa shape index (κ3) is 3.02. The van der Waals surface area contributed by atoms with Crippen LogP contribution in [0.4, 0.5) is 13.2 Å². The molecular weight excluding hydrogens is 347 g/mol. The number of hydrogen-bond donors (Lipinski definition) is 1. The van der Waals surface area contributed by atoms with Gasteiger partial charge in [0.05, 0.1) is 7.11 Å². The predicted octanol–water partition coefficient (Wildman–Crippen LogP) is 2.14. The first kappa shape index (κ1) is 16.2. The molecular formula is C13H10F3N5O2S. The number of nitrogens with one attached hydrogen (secondary N) is 1. The zero-order valence-corrected chi connectivity index (χ0v) is 13.0. The van der Waals surface area contributed by atoms with Gasteiger partial charge in [-0.2, -0.15) is 17.7 Å². The molecule has 2 aromatic heterocycles. The van der Waals surface area contributed by atoms with Gasteiger partial charge in [-0.05, 0) is 6.07 Å². The van der Waals surface area contributed by atoms with Gasteiger partial charge in [0, 0.05) is 12.1 Å². The van der Waals surface area contributed by atoms with E-state index in [4.69, 9.17) is 4.74 Å². The zero-order chi connectivity index (χ0) is 17.3. The van der Waals surface area contributed by atoms with Crippen molar-refractivity contribution in [2.24, 2.45) is 0 Å². The Labute approximate surface area is 137 Å². The third-order valence-electron chi connectivity index (χ3n) is 3.07. The molecule has 3 aromatic rings. The van der Waals surface area contributed by atoms with Crippen molar-refractivity contribution >= 4 is 22.2 Å². The first-order valence-electron chi connectivity index (χ1n) is 6.59. The Balaban J connectivity index is 1.78. The fourth-order valence-electron chi connectivity index (χ4n) is 1.99. The van der Waals surface area contributed by atoms with Gasteiger partial charge in [-0.1, -0.05) is 29.5 Å². The maximum absolute atomic E-state index is 12.7. The number of alkyl halides is 3. The summed E-state index contributed by atoms with van der Waals surface area (Å²) in [6, 6.07) is 7.06. The number of hydrogen-bond acceptors (Lipinski definition) is 6. The number of fused-ring (bicyclic) bond motifs is 1. The lowest BCUT2D eigenvalue weighted by molar-refractivity contribution is -0.146. The van der Waals surface area contributed by atoms with Gasteiger partial charge in [0.1, 0.15) is 5.75 Å². The van der Waals surface area contributed by atoms with Crippen molar-refractivity contribution in [1.82, 2.24) is 25.1 Å². The number of rotatable bonds is 4. The van der Waals surface area contributed by atoms with E-state index in [0.717, 1.165) is 16.9 Å². The normalized spacial score (nSPS) is 11.7. The number of carbonyl (C=O) groups excluding carboxylic acids is 1. The number of carbonyl (C=O) groups is 1. The molecule has 1 amide bonds. The summed E-state index contributed by atoms with van der Waals surface area (Å²) in [6.45, 7) is 0.148. The average molecular weight is 357 g/mol. The van der Waals surface area contributed by atoms with Crippen molar-refractivity contribution in [2.45, 2.75) is 12.7 Å². The summed E-state index contributed by atoms with van der Waals surface area (Å²) < 4.78 is 43.9. The van der Waals surface area contributed by atoms with Crippen molar-refractivity contribution < 1.29 is 22.7 Å². The molecule has 0 aliphatic rings. The second-order valence-corrected chi connectivity index (χ2v) is 5.57. The first-order valence-corrected chi connectivity index (χ1v) is 7.41. The maximum atomic E-state index is 12.7. The van der Waals surface area contributed by atoms with Crippen molar-refractivity contribution in [3.8, 4) is 5.75 Å². The van der Waals surface area contributed by atoms with Crippen molar-refractivity contribution in [1.29, 1.82) is 0 Å². The largest absolute Gasteiger partial charge is 0.496 e. The molecule has 7 nitrogen and oxygen atoms in total. The van der Waals surface area contributed by atoms with Crippen LogP contribution in [0.2, 0.25) is 0 Å². The number of para-hydroxylation sites is 1. The quantitative estimate of drug-likeness (QED) is 0.774. The standard InChI is InChI=1S/C13H10F3N5O2S/c1-23-8-5-3-2-4-7(8)6-17-9(22)10-20-21-11(13(14,15)16)18-19-12(21)24-10/h2-5H,6H2,1H3,(H,17,22). The maximum Gasteiger partial charge on any atom is 0.453 e. The lowest BCUT2D eigenvalue weighted by Gasteiger charge is -2.08. The van der Waals surface area contributed by atoms with Crippen LogP contribution in [-0.4, -0.2) is 32.8 Å². The van der Waals surface area contributed by atoms with Crippen LogP contribution in [0, 0.1) is 0 Å². The summed E-state index contributed by atoms with van der Waals surface area (Å²) in [5.41, 5.74) is 0.729. The van der Waals surface area contributed by atoms with E-state index in [1.54, 1.807) is 24.3 Å². The van der Waals surface area contributed by atoms with Gasteiger partial charge in [0.15, 0.2) is 0 Å². The SMILES string of the molecule is COc1ccccc1CNC(=O)c1nn2c(C(F)(F)F)nnc2s1. The monoisotopic (exact) mass is 357 g/mol.